The van der Waals surface area contributed by atoms with Crippen LogP contribution in [0.2, 0.25) is 0 Å². The van der Waals surface area contributed by atoms with E-state index in [2.05, 4.69) is 15.9 Å². The normalized spacial score (nSPS) is 10.2. The molecule has 0 aromatic heterocycles. The van der Waals surface area contributed by atoms with Crippen LogP contribution in [0.5, 0.6) is 0 Å². The average Bonchev–Trinajstić information content (AvgIpc) is 2.28. The number of hydrogen-bond donors (Lipinski definition) is 1. The minimum absolute atomic E-state index is 0.0814. The summed E-state index contributed by atoms with van der Waals surface area (Å²) >= 11 is 3.03. The molecular weight excluding hydrogens is 277 g/mol. The van der Waals surface area contributed by atoms with Gasteiger partial charge in [-0.3, -0.25) is 4.79 Å². The Bertz CT molecular complexity index is 384. The van der Waals surface area contributed by atoms with E-state index in [1.54, 1.807) is 0 Å². The summed E-state index contributed by atoms with van der Waals surface area (Å²) in [5.74, 6) is -0.612. The monoisotopic (exact) mass is 289 g/mol. The molecule has 1 aromatic rings. The maximum atomic E-state index is 13.0. The second-order valence-electron chi connectivity index (χ2n) is 3.24. The number of amides is 1. The number of carbonyl (C=O) groups excluding carboxylic acids is 1. The summed E-state index contributed by atoms with van der Waals surface area (Å²) in [4.78, 5) is 13.4. The number of likely N-dealkylation sites (N-methyl/N-ethyl adjacent to an activating group) is 1. The van der Waals surface area contributed by atoms with E-state index in [4.69, 9.17) is 5.11 Å². The number of carbonyl (C=O) groups is 1. The van der Waals surface area contributed by atoms with E-state index in [1.165, 1.54) is 23.1 Å². The molecule has 0 atom stereocenters. The van der Waals surface area contributed by atoms with Gasteiger partial charge in [0.2, 0.25) is 0 Å². The van der Waals surface area contributed by atoms with E-state index in [0.29, 0.717) is 12.1 Å². The SMILES string of the molecule is CCN(CCO)C(=O)c1ccc(F)c(Br)c1. The summed E-state index contributed by atoms with van der Waals surface area (Å²) < 4.78 is 13.2. The molecule has 0 unspecified atom stereocenters. The molecule has 1 amide bonds. The summed E-state index contributed by atoms with van der Waals surface area (Å²) in [5.41, 5.74) is 0.406. The van der Waals surface area contributed by atoms with Gasteiger partial charge in [-0.05, 0) is 41.1 Å². The Balaban J connectivity index is 2.90. The topological polar surface area (TPSA) is 40.5 Å². The quantitative estimate of drug-likeness (QED) is 0.922. The van der Waals surface area contributed by atoms with Crippen LogP contribution in [0.1, 0.15) is 17.3 Å². The molecular formula is C11H13BrFNO2. The Morgan fingerprint density at radius 1 is 1.56 bits per heavy atom. The van der Waals surface area contributed by atoms with Gasteiger partial charge in [-0.25, -0.2) is 4.39 Å². The predicted molar refractivity (Wildman–Crippen MR) is 62.8 cm³/mol. The zero-order valence-electron chi connectivity index (χ0n) is 8.91. The van der Waals surface area contributed by atoms with E-state index >= 15 is 0 Å². The van der Waals surface area contributed by atoms with E-state index < -0.39 is 5.82 Å². The smallest absolute Gasteiger partial charge is 0.253 e. The van der Waals surface area contributed by atoms with Crippen molar-refractivity contribution in [1.82, 2.24) is 4.90 Å². The molecule has 0 spiro atoms. The summed E-state index contributed by atoms with van der Waals surface area (Å²) in [6, 6.07) is 4.12. The zero-order valence-corrected chi connectivity index (χ0v) is 10.5. The van der Waals surface area contributed by atoms with Crippen molar-refractivity contribution >= 4 is 21.8 Å². The number of aliphatic hydroxyl groups excluding tert-OH is 1. The van der Waals surface area contributed by atoms with Gasteiger partial charge >= 0.3 is 0 Å². The third-order valence-corrected chi connectivity index (χ3v) is 2.81. The molecule has 16 heavy (non-hydrogen) atoms. The van der Waals surface area contributed by atoms with Crippen LogP contribution in [0.15, 0.2) is 22.7 Å². The van der Waals surface area contributed by atoms with Gasteiger partial charge in [0.05, 0.1) is 11.1 Å². The van der Waals surface area contributed by atoms with Crippen LogP contribution in [-0.4, -0.2) is 35.6 Å². The number of hydrogen-bond acceptors (Lipinski definition) is 2. The van der Waals surface area contributed by atoms with Crippen LogP contribution in [-0.2, 0) is 0 Å². The Morgan fingerprint density at radius 2 is 2.25 bits per heavy atom. The Morgan fingerprint density at radius 3 is 2.75 bits per heavy atom. The minimum atomic E-state index is -0.401. The summed E-state index contributed by atoms with van der Waals surface area (Å²) in [6.07, 6.45) is 0. The minimum Gasteiger partial charge on any atom is -0.395 e. The predicted octanol–water partition coefficient (Wildman–Crippen LogP) is 2.04. The van der Waals surface area contributed by atoms with Crippen LogP contribution in [0.25, 0.3) is 0 Å². The first-order valence-corrected chi connectivity index (χ1v) is 5.74. The highest BCUT2D eigenvalue weighted by Crippen LogP contribution is 2.17. The highest BCUT2D eigenvalue weighted by atomic mass is 79.9. The van der Waals surface area contributed by atoms with Gasteiger partial charge in [0.25, 0.3) is 5.91 Å². The number of halogens is 2. The van der Waals surface area contributed by atoms with Gasteiger partial charge in [-0.15, -0.1) is 0 Å². The lowest BCUT2D eigenvalue weighted by molar-refractivity contribution is 0.0732. The van der Waals surface area contributed by atoms with Crippen LogP contribution < -0.4 is 0 Å². The number of nitrogens with zero attached hydrogens (tertiary/aromatic N) is 1. The maximum absolute atomic E-state index is 13.0. The molecule has 0 saturated heterocycles. The lowest BCUT2D eigenvalue weighted by atomic mass is 10.2. The van der Waals surface area contributed by atoms with Gasteiger partial charge in [0.1, 0.15) is 5.82 Å². The lowest BCUT2D eigenvalue weighted by Gasteiger charge is -2.19. The largest absolute Gasteiger partial charge is 0.395 e. The maximum Gasteiger partial charge on any atom is 0.253 e. The number of rotatable bonds is 4. The molecule has 0 aliphatic rings. The molecule has 0 saturated carbocycles. The Kier molecular flexibility index (Phi) is 4.89. The molecule has 0 fully saturated rings. The standard InChI is InChI=1S/C11H13BrFNO2/c1-2-14(5-6-15)11(16)8-3-4-10(13)9(12)7-8/h3-4,7,15H,2,5-6H2,1H3. The second kappa shape index (κ2) is 5.96. The van der Waals surface area contributed by atoms with Gasteiger partial charge in [-0.2, -0.15) is 0 Å². The lowest BCUT2D eigenvalue weighted by Crippen LogP contribution is -2.33. The van der Waals surface area contributed by atoms with Crippen LogP contribution in [0, 0.1) is 5.82 Å². The molecule has 0 bridgehead atoms. The van der Waals surface area contributed by atoms with Crippen molar-refractivity contribution < 1.29 is 14.3 Å². The van der Waals surface area contributed by atoms with E-state index in [1.807, 2.05) is 6.92 Å². The molecule has 0 heterocycles. The first-order valence-electron chi connectivity index (χ1n) is 4.95. The van der Waals surface area contributed by atoms with Gasteiger partial charge in [0.15, 0.2) is 0 Å². The van der Waals surface area contributed by atoms with E-state index in [-0.39, 0.29) is 23.5 Å². The molecule has 0 aliphatic carbocycles. The first-order chi connectivity index (χ1) is 7.60. The fraction of sp³-hybridized carbons (Fsp3) is 0.364. The van der Waals surface area contributed by atoms with E-state index in [0.717, 1.165) is 0 Å². The molecule has 1 aromatic carbocycles. The van der Waals surface area contributed by atoms with Gasteiger partial charge < -0.3 is 10.0 Å². The molecule has 5 heteroatoms. The highest BCUT2D eigenvalue weighted by Gasteiger charge is 2.14. The molecule has 88 valence electrons. The highest BCUT2D eigenvalue weighted by molar-refractivity contribution is 9.10. The Hall–Kier alpha value is -0.940. The third-order valence-electron chi connectivity index (χ3n) is 2.21. The average molecular weight is 290 g/mol. The molecule has 1 rings (SSSR count). The van der Waals surface area contributed by atoms with Gasteiger partial charge in [-0.1, -0.05) is 0 Å². The van der Waals surface area contributed by atoms with Crippen molar-refractivity contribution in [2.75, 3.05) is 19.7 Å². The van der Waals surface area contributed by atoms with Crippen molar-refractivity contribution in [2.45, 2.75) is 6.92 Å². The second-order valence-corrected chi connectivity index (χ2v) is 4.09. The van der Waals surface area contributed by atoms with Crippen molar-refractivity contribution in [3.8, 4) is 0 Å². The third kappa shape index (κ3) is 3.02. The fourth-order valence-corrected chi connectivity index (χ4v) is 1.71. The molecule has 1 N–H and O–H groups in total. The van der Waals surface area contributed by atoms with Crippen LogP contribution in [0.3, 0.4) is 0 Å². The number of aliphatic hydroxyl groups is 1. The molecule has 0 radical (unpaired) electrons. The Labute approximate surface area is 102 Å². The fourth-order valence-electron chi connectivity index (χ4n) is 1.34. The van der Waals surface area contributed by atoms with Crippen LogP contribution >= 0.6 is 15.9 Å². The summed E-state index contributed by atoms with van der Waals surface area (Å²) in [7, 11) is 0. The summed E-state index contributed by atoms with van der Waals surface area (Å²) in [6.45, 7) is 2.53. The zero-order chi connectivity index (χ0) is 12.1. The van der Waals surface area contributed by atoms with Crippen molar-refractivity contribution in [1.29, 1.82) is 0 Å². The van der Waals surface area contributed by atoms with Crippen LogP contribution in [0.4, 0.5) is 4.39 Å². The molecule has 3 nitrogen and oxygen atoms in total. The van der Waals surface area contributed by atoms with Gasteiger partial charge in [0, 0.05) is 18.7 Å². The molecule has 0 aliphatic heterocycles. The van der Waals surface area contributed by atoms with Crippen molar-refractivity contribution in [3.05, 3.63) is 34.1 Å². The number of benzene rings is 1. The summed E-state index contributed by atoms with van der Waals surface area (Å²) in [5, 5.41) is 8.80. The first kappa shape index (κ1) is 13.1. The van der Waals surface area contributed by atoms with E-state index in [9.17, 15) is 9.18 Å². The van der Waals surface area contributed by atoms with Crippen molar-refractivity contribution in [2.24, 2.45) is 0 Å². The van der Waals surface area contributed by atoms with Crippen molar-refractivity contribution in [3.63, 3.8) is 0 Å².